The van der Waals surface area contributed by atoms with Gasteiger partial charge in [-0.15, -0.1) is 0 Å². The third-order valence-electron chi connectivity index (χ3n) is 5.21. The lowest BCUT2D eigenvalue weighted by Gasteiger charge is -2.08. The van der Waals surface area contributed by atoms with Gasteiger partial charge < -0.3 is 14.6 Å². The van der Waals surface area contributed by atoms with Crippen LogP contribution >= 0.6 is 11.6 Å². The molecule has 0 aliphatic rings. The molecule has 4 rings (SSSR count). The van der Waals surface area contributed by atoms with Crippen LogP contribution in [0.5, 0.6) is 5.75 Å². The topological polar surface area (TPSA) is 82.2 Å². The predicted molar refractivity (Wildman–Crippen MR) is 122 cm³/mol. The number of ether oxygens (including phenoxy) is 1. The molecule has 2 aromatic carbocycles. The van der Waals surface area contributed by atoms with E-state index in [2.05, 4.69) is 34.6 Å². The molecule has 0 atom stereocenters. The molecule has 164 valence electrons. The van der Waals surface area contributed by atoms with E-state index in [0.717, 1.165) is 5.69 Å². The summed E-state index contributed by atoms with van der Waals surface area (Å²) < 4.78 is 12.9. The minimum Gasteiger partial charge on any atom is -0.487 e. The van der Waals surface area contributed by atoms with E-state index in [4.69, 9.17) is 20.9 Å². The Kier molecular flexibility index (Phi) is 6.28. The smallest absolute Gasteiger partial charge is 0.279 e. The summed E-state index contributed by atoms with van der Waals surface area (Å²) in [6.07, 6.45) is 0. The highest BCUT2D eigenvalue weighted by atomic mass is 35.5. The molecule has 0 radical (unpaired) electrons. The summed E-state index contributed by atoms with van der Waals surface area (Å²) in [4.78, 5) is 12.9. The van der Waals surface area contributed by atoms with Gasteiger partial charge in [0.25, 0.3) is 5.91 Å². The third kappa shape index (κ3) is 4.68. The number of carbonyl (C=O) groups is 1. The van der Waals surface area contributed by atoms with Crippen molar-refractivity contribution in [3.05, 3.63) is 93.5 Å². The molecule has 0 aliphatic heterocycles. The lowest BCUT2D eigenvalue weighted by Crippen LogP contribution is -2.16. The lowest BCUT2D eigenvalue weighted by molar-refractivity contribution is 0.101. The molecule has 1 N–H and O–H groups in total. The van der Waals surface area contributed by atoms with Crippen molar-refractivity contribution in [1.82, 2.24) is 14.9 Å². The van der Waals surface area contributed by atoms with Crippen LogP contribution in [0.3, 0.4) is 0 Å². The maximum Gasteiger partial charge on any atom is 0.279 e. The summed E-state index contributed by atoms with van der Waals surface area (Å²) in [5.74, 6) is 1.05. The molecule has 0 saturated heterocycles. The highest BCUT2D eigenvalue weighted by Crippen LogP contribution is 2.25. The summed E-state index contributed by atoms with van der Waals surface area (Å²) in [6.45, 7) is 6.47. The number of carbonyl (C=O) groups excluding carboxylic acids is 1. The van der Waals surface area contributed by atoms with E-state index in [0.29, 0.717) is 34.5 Å². The molecule has 1 amide bonds. The first-order chi connectivity index (χ1) is 15.4. The van der Waals surface area contributed by atoms with E-state index < -0.39 is 5.91 Å². The zero-order valence-corrected chi connectivity index (χ0v) is 18.8. The van der Waals surface area contributed by atoms with Gasteiger partial charge in [-0.3, -0.25) is 9.48 Å². The van der Waals surface area contributed by atoms with Gasteiger partial charge >= 0.3 is 0 Å². The highest BCUT2D eigenvalue weighted by molar-refractivity contribution is 6.32. The monoisotopic (exact) mass is 450 g/mol. The molecule has 0 spiro atoms. The van der Waals surface area contributed by atoms with Gasteiger partial charge in [0.05, 0.1) is 17.1 Å². The van der Waals surface area contributed by atoms with Crippen LogP contribution in [0.4, 0.5) is 5.82 Å². The van der Waals surface area contributed by atoms with Crippen LogP contribution in [0.1, 0.15) is 38.6 Å². The quantitative estimate of drug-likeness (QED) is 0.411. The van der Waals surface area contributed by atoms with Crippen molar-refractivity contribution in [1.29, 1.82) is 0 Å². The summed E-state index contributed by atoms with van der Waals surface area (Å²) in [5, 5.41) is 11.7. The Morgan fingerprint density at radius 3 is 2.66 bits per heavy atom. The molecule has 32 heavy (non-hydrogen) atoms. The molecular formula is C24H23ClN4O3. The minimum absolute atomic E-state index is 0.0998. The molecule has 0 aliphatic carbocycles. The number of halogens is 1. The van der Waals surface area contributed by atoms with Gasteiger partial charge in [0.2, 0.25) is 0 Å². The fraction of sp³-hybridized carbons (Fsp3) is 0.208. The molecule has 4 aromatic rings. The molecule has 2 heterocycles. The molecule has 2 aromatic heterocycles. The summed E-state index contributed by atoms with van der Waals surface area (Å²) in [6, 6.07) is 17.1. The van der Waals surface area contributed by atoms with Crippen LogP contribution in [0, 0.1) is 20.8 Å². The molecular weight excluding hydrogens is 428 g/mol. The van der Waals surface area contributed by atoms with E-state index in [1.807, 2.05) is 41.9 Å². The maximum atomic E-state index is 12.9. The van der Waals surface area contributed by atoms with Crippen LogP contribution in [0.15, 0.2) is 59.1 Å². The molecule has 0 saturated carbocycles. The Hall–Kier alpha value is -3.58. The number of para-hydroxylation sites is 1. The molecule has 0 fully saturated rings. The number of anilines is 1. The number of nitrogens with one attached hydrogen (secondary N) is 1. The summed E-state index contributed by atoms with van der Waals surface area (Å²) in [5.41, 5.74) is 4.00. The zero-order valence-electron chi connectivity index (χ0n) is 18.1. The van der Waals surface area contributed by atoms with Crippen molar-refractivity contribution in [2.45, 2.75) is 33.9 Å². The van der Waals surface area contributed by atoms with Crippen LogP contribution in [-0.4, -0.2) is 20.8 Å². The van der Waals surface area contributed by atoms with E-state index in [9.17, 15) is 4.79 Å². The Bertz CT molecular complexity index is 1260. The molecule has 8 heteroatoms. The van der Waals surface area contributed by atoms with Crippen molar-refractivity contribution in [3.8, 4) is 5.75 Å². The van der Waals surface area contributed by atoms with E-state index in [1.54, 1.807) is 19.1 Å². The third-order valence-corrected chi connectivity index (χ3v) is 5.52. The predicted octanol–water partition coefficient (Wildman–Crippen LogP) is 5.33. The first kappa shape index (κ1) is 21.6. The van der Waals surface area contributed by atoms with E-state index in [-0.39, 0.29) is 12.3 Å². The Balaban J connectivity index is 1.48. The Morgan fingerprint density at radius 1 is 1.12 bits per heavy atom. The fourth-order valence-electron chi connectivity index (χ4n) is 3.31. The lowest BCUT2D eigenvalue weighted by atomic mass is 10.1. The largest absolute Gasteiger partial charge is 0.487 e. The number of hydrogen-bond donors (Lipinski definition) is 1. The second-order valence-corrected chi connectivity index (χ2v) is 7.90. The van der Waals surface area contributed by atoms with Crippen LogP contribution in [-0.2, 0) is 13.2 Å². The van der Waals surface area contributed by atoms with Crippen molar-refractivity contribution < 1.29 is 14.1 Å². The number of aromatic nitrogens is 3. The van der Waals surface area contributed by atoms with Gasteiger partial charge in [-0.05, 0) is 44.0 Å². The normalized spacial score (nSPS) is 10.9. The first-order valence-electron chi connectivity index (χ1n) is 10.1. The minimum atomic E-state index is -0.417. The number of benzene rings is 2. The van der Waals surface area contributed by atoms with Gasteiger partial charge in [0.1, 0.15) is 18.1 Å². The number of nitrogens with zero attached hydrogens (tertiary/aromatic N) is 3. The van der Waals surface area contributed by atoms with Gasteiger partial charge in [-0.25, -0.2) is 0 Å². The Morgan fingerprint density at radius 2 is 1.88 bits per heavy atom. The summed E-state index contributed by atoms with van der Waals surface area (Å²) in [7, 11) is 0. The van der Waals surface area contributed by atoms with E-state index in [1.165, 1.54) is 11.1 Å². The average molecular weight is 451 g/mol. The zero-order chi connectivity index (χ0) is 22.7. The van der Waals surface area contributed by atoms with Crippen LogP contribution < -0.4 is 10.1 Å². The maximum absolute atomic E-state index is 12.9. The van der Waals surface area contributed by atoms with Gasteiger partial charge in [0, 0.05) is 11.8 Å². The first-order valence-corrected chi connectivity index (χ1v) is 10.5. The van der Waals surface area contributed by atoms with Crippen molar-refractivity contribution >= 4 is 23.3 Å². The SMILES string of the molecule is Cc1ccccc1Cn1nc(NC(=O)c2noc(C)c2COc2ccccc2Cl)cc1C. The highest BCUT2D eigenvalue weighted by Gasteiger charge is 2.22. The number of amides is 1. The summed E-state index contributed by atoms with van der Waals surface area (Å²) >= 11 is 6.14. The van der Waals surface area contributed by atoms with Crippen molar-refractivity contribution in [3.63, 3.8) is 0 Å². The second-order valence-electron chi connectivity index (χ2n) is 7.49. The molecule has 7 nitrogen and oxygen atoms in total. The Labute approximate surface area is 190 Å². The van der Waals surface area contributed by atoms with Crippen LogP contribution in [0.25, 0.3) is 0 Å². The molecule has 0 unspecified atom stereocenters. The van der Waals surface area contributed by atoms with Crippen molar-refractivity contribution in [2.75, 3.05) is 5.32 Å². The van der Waals surface area contributed by atoms with Gasteiger partial charge in [-0.2, -0.15) is 5.10 Å². The van der Waals surface area contributed by atoms with Crippen LogP contribution in [0.2, 0.25) is 5.02 Å². The second kappa shape index (κ2) is 9.28. The average Bonchev–Trinajstić information content (AvgIpc) is 3.31. The van der Waals surface area contributed by atoms with Gasteiger partial charge in [-0.1, -0.05) is 53.2 Å². The van der Waals surface area contributed by atoms with E-state index >= 15 is 0 Å². The fourth-order valence-corrected chi connectivity index (χ4v) is 3.50. The number of hydrogen-bond acceptors (Lipinski definition) is 5. The number of aryl methyl sites for hydroxylation is 3. The molecule has 0 bridgehead atoms. The van der Waals surface area contributed by atoms with Crippen molar-refractivity contribution in [2.24, 2.45) is 0 Å². The standard InChI is InChI=1S/C24H23ClN4O3/c1-15-8-4-5-9-18(15)13-29-16(2)12-22(27-29)26-24(30)23-19(17(3)32-28-23)14-31-21-11-7-6-10-20(21)25/h4-12H,13-14H2,1-3H3,(H,26,27,30). The van der Waals surface area contributed by atoms with Gasteiger partial charge in [0.15, 0.2) is 11.5 Å². The number of rotatable bonds is 7.